The van der Waals surface area contributed by atoms with Gasteiger partial charge in [0.15, 0.2) is 0 Å². The lowest BCUT2D eigenvalue weighted by Gasteiger charge is -2.26. The number of benzene rings is 1. The largest absolute Gasteiger partial charge is 0.351 e. The lowest BCUT2D eigenvalue weighted by molar-refractivity contribution is 0.0719. The molecule has 0 unspecified atom stereocenters. The number of carbonyl (C=O) groups is 1. The number of sulfonamides is 1. The number of H-pyrrole nitrogens is 1. The molecule has 0 atom stereocenters. The van der Waals surface area contributed by atoms with Crippen LogP contribution in [0.4, 0.5) is 5.69 Å². The van der Waals surface area contributed by atoms with Gasteiger partial charge in [0, 0.05) is 29.7 Å². The van der Waals surface area contributed by atoms with E-state index in [0.717, 1.165) is 43.1 Å². The lowest BCUT2D eigenvalue weighted by atomic mass is 10.1. The summed E-state index contributed by atoms with van der Waals surface area (Å²) in [6, 6.07) is 6.95. The van der Waals surface area contributed by atoms with Gasteiger partial charge in [0.25, 0.3) is 5.91 Å². The Kier molecular flexibility index (Phi) is 3.82. The third-order valence-corrected chi connectivity index (χ3v) is 4.40. The molecule has 0 radical (unpaired) electrons. The van der Waals surface area contributed by atoms with Crippen LogP contribution >= 0.6 is 0 Å². The number of hydrogen-bond acceptors (Lipinski definition) is 3. The van der Waals surface area contributed by atoms with Crippen LogP contribution in [0.1, 0.15) is 29.8 Å². The summed E-state index contributed by atoms with van der Waals surface area (Å²) >= 11 is 0. The van der Waals surface area contributed by atoms with Gasteiger partial charge in [-0.1, -0.05) is 0 Å². The molecule has 1 aliphatic heterocycles. The van der Waals surface area contributed by atoms with E-state index in [2.05, 4.69) is 9.71 Å². The summed E-state index contributed by atoms with van der Waals surface area (Å²) in [6.45, 7) is 1.60. The van der Waals surface area contributed by atoms with Gasteiger partial charge >= 0.3 is 0 Å². The number of piperidine rings is 1. The van der Waals surface area contributed by atoms with Crippen LogP contribution in [0.15, 0.2) is 24.3 Å². The minimum atomic E-state index is -3.31. The molecule has 1 aromatic carbocycles. The van der Waals surface area contributed by atoms with Crippen molar-refractivity contribution in [2.45, 2.75) is 19.3 Å². The molecule has 0 saturated carbocycles. The molecule has 2 aromatic rings. The van der Waals surface area contributed by atoms with Gasteiger partial charge in [0.05, 0.1) is 6.26 Å². The smallest absolute Gasteiger partial charge is 0.270 e. The zero-order valence-corrected chi connectivity index (χ0v) is 13.2. The SMILES string of the molecule is CS(=O)(=O)Nc1ccc2[nH]c(C(=O)N3CCCCC3)cc2c1. The number of fused-ring (bicyclic) bond motifs is 1. The summed E-state index contributed by atoms with van der Waals surface area (Å²) in [5.41, 5.74) is 1.86. The second-order valence-corrected chi connectivity index (χ2v) is 7.46. The van der Waals surface area contributed by atoms with E-state index in [0.29, 0.717) is 11.4 Å². The summed E-state index contributed by atoms with van der Waals surface area (Å²) in [5.74, 6) is 0.00789. The van der Waals surface area contributed by atoms with Crippen molar-refractivity contribution in [3.05, 3.63) is 30.0 Å². The van der Waals surface area contributed by atoms with Crippen LogP contribution in [0.2, 0.25) is 0 Å². The summed E-state index contributed by atoms with van der Waals surface area (Å²) < 4.78 is 25.0. The molecule has 22 heavy (non-hydrogen) atoms. The lowest BCUT2D eigenvalue weighted by Crippen LogP contribution is -2.35. The topological polar surface area (TPSA) is 82.3 Å². The number of nitrogens with zero attached hydrogens (tertiary/aromatic N) is 1. The standard InChI is InChI=1S/C15H19N3O3S/c1-22(20,21)17-12-5-6-13-11(9-12)10-14(16-13)15(19)18-7-3-2-4-8-18/h5-6,9-10,16-17H,2-4,7-8H2,1H3. The van der Waals surface area contributed by atoms with Crippen molar-refractivity contribution in [2.24, 2.45) is 0 Å². The van der Waals surface area contributed by atoms with Crippen LogP contribution in [0.3, 0.4) is 0 Å². The number of aromatic nitrogens is 1. The number of aromatic amines is 1. The highest BCUT2D eigenvalue weighted by atomic mass is 32.2. The predicted molar refractivity (Wildman–Crippen MR) is 86.5 cm³/mol. The first kappa shape index (κ1) is 14.9. The van der Waals surface area contributed by atoms with E-state index in [1.54, 1.807) is 24.3 Å². The van der Waals surface area contributed by atoms with Crippen LogP contribution in [0.5, 0.6) is 0 Å². The van der Waals surface area contributed by atoms with Gasteiger partial charge in [-0.15, -0.1) is 0 Å². The van der Waals surface area contributed by atoms with Crippen molar-refractivity contribution in [3.8, 4) is 0 Å². The summed E-state index contributed by atoms with van der Waals surface area (Å²) in [7, 11) is -3.31. The first-order chi connectivity index (χ1) is 10.4. The Morgan fingerprint density at radius 2 is 1.91 bits per heavy atom. The molecule has 2 N–H and O–H groups in total. The molecule has 3 rings (SSSR count). The maximum absolute atomic E-state index is 12.5. The van der Waals surface area contributed by atoms with Crippen LogP contribution in [-0.4, -0.2) is 43.6 Å². The van der Waals surface area contributed by atoms with Crippen molar-refractivity contribution in [2.75, 3.05) is 24.1 Å². The van der Waals surface area contributed by atoms with Crippen LogP contribution in [0.25, 0.3) is 10.9 Å². The van der Waals surface area contributed by atoms with Gasteiger partial charge in [0.1, 0.15) is 5.69 Å². The van der Waals surface area contributed by atoms with Gasteiger partial charge in [-0.3, -0.25) is 9.52 Å². The van der Waals surface area contributed by atoms with E-state index in [1.807, 2.05) is 4.90 Å². The van der Waals surface area contributed by atoms with E-state index in [-0.39, 0.29) is 5.91 Å². The quantitative estimate of drug-likeness (QED) is 0.909. The van der Waals surface area contributed by atoms with Crippen LogP contribution in [-0.2, 0) is 10.0 Å². The number of rotatable bonds is 3. The number of likely N-dealkylation sites (tertiary alicyclic amines) is 1. The molecule has 6 nitrogen and oxygen atoms in total. The molecule has 1 amide bonds. The van der Waals surface area contributed by atoms with E-state index in [4.69, 9.17) is 0 Å². The molecule has 0 spiro atoms. The average molecular weight is 321 g/mol. The predicted octanol–water partition coefficient (Wildman–Crippen LogP) is 2.17. The fourth-order valence-corrected chi connectivity index (χ4v) is 3.35. The van der Waals surface area contributed by atoms with E-state index < -0.39 is 10.0 Å². The molecule has 1 aliphatic rings. The normalized spacial score (nSPS) is 16.0. The van der Waals surface area contributed by atoms with Gasteiger partial charge < -0.3 is 9.88 Å². The molecule has 1 saturated heterocycles. The number of amides is 1. The maximum Gasteiger partial charge on any atom is 0.270 e. The summed E-state index contributed by atoms with van der Waals surface area (Å²) in [6.07, 6.45) is 4.39. The second-order valence-electron chi connectivity index (χ2n) is 5.71. The van der Waals surface area contributed by atoms with E-state index >= 15 is 0 Å². The monoisotopic (exact) mass is 321 g/mol. The maximum atomic E-state index is 12.5. The van der Waals surface area contributed by atoms with Crippen molar-refractivity contribution in [1.29, 1.82) is 0 Å². The molecule has 118 valence electrons. The van der Waals surface area contributed by atoms with Gasteiger partial charge in [-0.05, 0) is 43.5 Å². The molecule has 7 heteroatoms. The first-order valence-electron chi connectivity index (χ1n) is 7.32. The summed E-state index contributed by atoms with van der Waals surface area (Å²) in [4.78, 5) is 17.4. The minimum absolute atomic E-state index is 0.00789. The van der Waals surface area contributed by atoms with Crippen LogP contribution in [0, 0.1) is 0 Å². The minimum Gasteiger partial charge on any atom is -0.351 e. The molecule has 0 aliphatic carbocycles. The Balaban J connectivity index is 1.87. The van der Waals surface area contributed by atoms with Crippen molar-refractivity contribution in [3.63, 3.8) is 0 Å². The Morgan fingerprint density at radius 1 is 1.18 bits per heavy atom. The third kappa shape index (κ3) is 3.24. The van der Waals surface area contributed by atoms with E-state index in [9.17, 15) is 13.2 Å². The highest BCUT2D eigenvalue weighted by Gasteiger charge is 2.19. The number of nitrogens with one attached hydrogen (secondary N) is 2. The van der Waals surface area contributed by atoms with Crippen molar-refractivity contribution in [1.82, 2.24) is 9.88 Å². The number of carbonyl (C=O) groups excluding carboxylic acids is 1. The zero-order chi connectivity index (χ0) is 15.7. The zero-order valence-electron chi connectivity index (χ0n) is 12.4. The molecule has 1 fully saturated rings. The molecular formula is C15H19N3O3S. The van der Waals surface area contributed by atoms with Gasteiger partial charge in [0.2, 0.25) is 10.0 Å². The molecular weight excluding hydrogens is 302 g/mol. The number of hydrogen-bond donors (Lipinski definition) is 2. The highest BCUT2D eigenvalue weighted by molar-refractivity contribution is 7.92. The third-order valence-electron chi connectivity index (χ3n) is 3.80. The Morgan fingerprint density at radius 3 is 2.59 bits per heavy atom. The van der Waals surface area contributed by atoms with E-state index in [1.165, 1.54) is 6.42 Å². The van der Waals surface area contributed by atoms with Gasteiger partial charge in [-0.25, -0.2) is 8.42 Å². The average Bonchev–Trinajstić information content (AvgIpc) is 2.89. The Bertz CT molecular complexity index is 805. The Hall–Kier alpha value is -2.02. The Labute approximate surface area is 129 Å². The van der Waals surface area contributed by atoms with Crippen molar-refractivity contribution >= 4 is 32.5 Å². The van der Waals surface area contributed by atoms with Crippen molar-refractivity contribution < 1.29 is 13.2 Å². The number of anilines is 1. The second kappa shape index (κ2) is 5.64. The van der Waals surface area contributed by atoms with Gasteiger partial charge in [-0.2, -0.15) is 0 Å². The fourth-order valence-electron chi connectivity index (χ4n) is 2.79. The summed E-state index contributed by atoms with van der Waals surface area (Å²) in [5, 5.41) is 0.814. The molecule has 0 bridgehead atoms. The molecule has 1 aromatic heterocycles. The fraction of sp³-hybridized carbons (Fsp3) is 0.400. The first-order valence-corrected chi connectivity index (χ1v) is 9.21. The highest BCUT2D eigenvalue weighted by Crippen LogP contribution is 2.22. The van der Waals surface area contributed by atoms with Crippen LogP contribution < -0.4 is 4.72 Å². The molecule has 2 heterocycles.